The van der Waals surface area contributed by atoms with Crippen molar-refractivity contribution in [3.63, 3.8) is 0 Å². The largest absolute Gasteiger partial charge is 0.496 e. The topological polar surface area (TPSA) is 39.4 Å². The predicted molar refractivity (Wildman–Crippen MR) is 78.2 cm³/mol. The van der Waals surface area contributed by atoms with Crippen molar-refractivity contribution in [1.82, 2.24) is 14.6 Å². The molecule has 3 aromatic rings. The Morgan fingerprint density at radius 3 is 2.89 bits per heavy atom. The van der Waals surface area contributed by atoms with Gasteiger partial charge in [0.15, 0.2) is 5.65 Å². The molecular weight excluding hydrogens is 260 g/mol. The number of ether oxygens (including phenoxy) is 1. The Labute approximate surface area is 116 Å². The summed E-state index contributed by atoms with van der Waals surface area (Å²) in [7, 11) is 3.60. The third-order valence-corrected chi connectivity index (χ3v) is 3.26. The van der Waals surface area contributed by atoms with Gasteiger partial charge in [0.2, 0.25) is 0 Å². The van der Waals surface area contributed by atoms with Crippen molar-refractivity contribution >= 4 is 30.6 Å². The molecular formula is C13H11BClN3O. The summed E-state index contributed by atoms with van der Waals surface area (Å²) in [5.74, 6) is 0.771. The molecule has 0 aliphatic heterocycles. The molecule has 0 radical (unpaired) electrons. The van der Waals surface area contributed by atoms with Gasteiger partial charge in [0.25, 0.3) is 0 Å². The standard InChI is InChI=1S/C13H11BClN3O/c1-19-11-5-3-2-4-8(11)10-6-12(15)18-13(17-10)9(14)7-16-18/h2-7H,14H2,1H3. The lowest BCUT2D eigenvalue weighted by Gasteiger charge is -2.08. The fourth-order valence-electron chi connectivity index (χ4n) is 2.03. The van der Waals surface area contributed by atoms with Crippen molar-refractivity contribution in [2.24, 2.45) is 0 Å². The lowest BCUT2D eigenvalue weighted by molar-refractivity contribution is 0.416. The smallest absolute Gasteiger partial charge is 0.150 e. The summed E-state index contributed by atoms with van der Waals surface area (Å²) in [6, 6.07) is 9.52. The maximum absolute atomic E-state index is 6.24. The lowest BCUT2D eigenvalue weighted by Crippen LogP contribution is -2.04. The molecule has 0 spiro atoms. The molecule has 0 N–H and O–H groups in total. The number of aromatic nitrogens is 3. The van der Waals surface area contributed by atoms with E-state index in [4.69, 9.17) is 16.3 Å². The summed E-state index contributed by atoms with van der Waals surface area (Å²) in [5.41, 5.74) is 3.43. The first-order valence-corrected chi connectivity index (χ1v) is 6.23. The molecule has 0 unspecified atom stereocenters. The Kier molecular flexibility index (Phi) is 2.91. The van der Waals surface area contributed by atoms with Crippen LogP contribution >= 0.6 is 11.6 Å². The predicted octanol–water partition coefficient (Wildman–Crippen LogP) is 1.32. The van der Waals surface area contributed by atoms with Crippen LogP contribution in [-0.4, -0.2) is 29.6 Å². The number of methoxy groups -OCH3 is 1. The number of hydrogen-bond donors (Lipinski definition) is 0. The minimum Gasteiger partial charge on any atom is -0.496 e. The zero-order chi connectivity index (χ0) is 13.4. The van der Waals surface area contributed by atoms with Crippen LogP contribution in [0.5, 0.6) is 5.75 Å². The second-order valence-corrected chi connectivity index (χ2v) is 4.61. The molecule has 0 aliphatic rings. The highest BCUT2D eigenvalue weighted by Crippen LogP contribution is 2.29. The second-order valence-electron chi connectivity index (χ2n) is 4.23. The lowest BCUT2D eigenvalue weighted by atomic mass is 10.0. The molecule has 2 heterocycles. The Balaban J connectivity index is 2.28. The highest BCUT2D eigenvalue weighted by molar-refractivity contribution is 6.36. The van der Waals surface area contributed by atoms with Crippen molar-refractivity contribution < 1.29 is 4.74 Å². The minimum atomic E-state index is 0.527. The number of rotatable bonds is 2. The maximum Gasteiger partial charge on any atom is 0.150 e. The van der Waals surface area contributed by atoms with Gasteiger partial charge in [-0.15, -0.1) is 0 Å². The van der Waals surface area contributed by atoms with Crippen LogP contribution in [0.15, 0.2) is 36.5 Å². The SMILES string of the molecule is Bc1cnn2c(Cl)cc(-c3ccccc3OC)nc12. The molecule has 0 atom stereocenters. The van der Waals surface area contributed by atoms with Gasteiger partial charge in [0.05, 0.1) is 12.8 Å². The second kappa shape index (κ2) is 4.59. The van der Waals surface area contributed by atoms with E-state index >= 15 is 0 Å². The summed E-state index contributed by atoms with van der Waals surface area (Å²) in [6.07, 6.45) is 1.75. The van der Waals surface area contributed by atoms with E-state index in [0.717, 1.165) is 28.1 Å². The first-order valence-electron chi connectivity index (χ1n) is 5.85. The normalized spacial score (nSPS) is 10.8. The molecule has 0 amide bonds. The monoisotopic (exact) mass is 271 g/mol. The van der Waals surface area contributed by atoms with E-state index in [1.54, 1.807) is 23.9 Å². The zero-order valence-corrected chi connectivity index (χ0v) is 11.3. The van der Waals surface area contributed by atoms with Crippen LogP contribution in [-0.2, 0) is 0 Å². The minimum absolute atomic E-state index is 0.527. The summed E-state index contributed by atoms with van der Waals surface area (Å²) in [4.78, 5) is 4.61. The van der Waals surface area contributed by atoms with Crippen molar-refractivity contribution in [1.29, 1.82) is 0 Å². The van der Waals surface area contributed by atoms with Crippen molar-refractivity contribution in [2.45, 2.75) is 0 Å². The maximum atomic E-state index is 6.24. The molecule has 1 aromatic carbocycles. The molecule has 0 saturated heterocycles. The van der Waals surface area contributed by atoms with E-state index in [1.807, 2.05) is 32.1 Å². The molecule has 0 bridgehead atoms. The number of fused-ring (bicyclic) bond motifs is 1. The van der Waals surface area contributed by atoms with Crippen molar-refractivity contribution in [3.8, 4) is 17.0 Å². The van der Waals surface area contributed by atoms with Crippen molar-refractivity contribution in [2.75, 3.05) is 7.11 Å². The van der Waals surface area contributed by atoms with Gasteiger partial charge in [0.1, 0.15) is 18.7 Å². The van der Waals surface area contributed by atoms with E-state index in [0.29, 0.717) is 5.15 Å². The third kappa shape index (κ3) is 1.96. The van der Waals surface area contributed by atoms with Gasteiger partial charge in [-0.1, -0.05) is 23.7 Å². The summed E-state index contributed by atoms with van der Waals surface area (Å²) >= 11 is 6.24. The number of nitrogens with zero attached hydrogens (tertiary/aromatic N) is 3. The van der Waals surface area contributed by atoms with Gasteiger partial charge in [-0.2, -0.15) is 5.10 Å². The van der Waals surface area contributed by atoms with Crippen LogP contribution in [0.4, 0.5) is 0 Å². The fourth-order valence-corrected chi connectivity index (χ4v) is 2.26. The number of halogens is 1. The average molecular weight is 272 g/mol. The van der Waals surface area contributed by atoms with E-state index in [9.17, 15) is 0 Å². The van der Waals surface area contributed by atoms with Crippen molar-refractivity contribution in [3.05, 3.63) is 41.7 Å². The number of para-hydroxylation sites is 1. The van der Waals surface area contributed by atoms with Crippen LogP contribution in [0.3, 0.4) is 0 Å². The Hall–Kier alpha value is -2.01. The third-order valence-electron chi connectivity index (χ3n) is 2.99. The summed E-state index contributed by atoms with van der Waals surface area (Å²) in [6.45, 7) is 0. The molecule has 0 aliphatic carbocycles. The van der Waals surface area contributed by atoms with Crippen LogP contribution in [0.25, 0.3) is 16.9 Å². The van der Waals surface area contributed by atoms with Gasteiger partial charge < -0.3 is 4.74 Å². The molecule has 19 heavy (non-hydrogen) atoms. The van der Waals surface area contributed by atoms with Crippen LogP contribution in [0.2, 0.25) is 5.15 Å². The highest BCUT2D eigenvalue weighted by atomic mass is 35.5. The Morgan fingerprint density at radius 1 is 1.32 bits per heavy atom. The van der Waals surface area contributed by atoms with E-state index in [1.165, 1.54) is 0 Å². The average Bonchev–Trinajstić information content (AvgIpc) is 2.81. The van der Waals surface area contributed by atoms with Gasteiger partial charge in [-0.05, 0) is 17.6 Å². The van der Waals surface area contributed by atoms with E-state index in [2.05, 4.69) is 10.1 Å². The molecule has 0 saturated carbocycles. The Morgan fingerprint density at radius 2 is 2.11 bits per heavy atom. The zero-order valence-electron chi connectivity index (χ0n) is 10.6. The van der Waals surface area contributed by atoms with Gasteiger partial charge in [-0.3, -0.25) is 0 Å². The first-order chi connectivity index (χ1) is 9.20. The van der Waals surface area contributed by atoms with Gasteiger partial charge >= 0.3 is 0 Å². The number of hydrogen-bond acceptors (Lipinski definition) is 3. The Bertz CT molecular complexity index is 757. The highest BCUT2D eigenvalue weighted by Gasteiger charge is 2.11. The fraction of sp³-hybridized carbons (Fsp3) is 0.0769. The van der Waals surface area contributed by atoms with Crippen LogP contribution in [0, 0.1) is 0 Å². The van der Waals surface area contributed by atoms with Gasteiger partial charge in [-0.25, -0.2) is 9.50 Å². The van der Waals surface area contributed by atoms with E-state index in [-0.39, 0.29) is 0 Å². The molecule has 6 heteroatoms. The van der Waals surface area contributed by atoms with E-state index < -0.39 is 0 Å². The molecule has 4 nitrogen and oxygen atoms in total. The summed E-state index contributed by atoms with van der Waals surface area (Å²) < 4.78 is 6.98. The molecule has 0 fully saturated rings. The van der Waals surface area contributed by atoms with Crippen LogP contribution < -0.4 is 10.2 Å². The summed E-state index contributed by atoms with van der Waals surface area (Å²) in [5, 5.41) is 4.71. The molecule has 94 valence electrons. The number of benzene rings is 1. The van der Waals surface area contributed by atoms with Crippen LogP contribution in [0.1, 0.15) is 0 Å². The molecule has 3 rings (SSSR count). The first kappa shape index (κ1) is 12.1. The molecule has 2 aromatic heterocycles. The van der Waals surface area contributed by atoms with Gasteiger partial charge in [0, 0.05) is 17.8 Å². The quantitative estimate of drug-likeness (QED) is 0.521.